The highest BCUT2D eigenvalue weighted by atomic mass is 35.5. The van der Waals surface area contributed by atoms with Gasteiger partial charge in [0.25, 0.3) is 11.6 Å². The molecule has 0 unspecified atom stereocenters. The first-order valence-electron chi connectivity index (χ1n) is 5.86. The minimum absolute atomic E-state index is 0.0156. The van der Waals surface area contributed by atoms with Gasteiger partial charge in [0, 0.05) is 19.2 Å². The first-order valence-corrected chi connectivity index (χ1v) is 6.23. The number of aliphatic hydroxyl groups is 1. The van der Waals surface area contributed by atoms with E-state index in [1.807, 2.05) is 0 Å². The summed E-state index contributed by atoms with van der Waals surface area (Å²) in [5, 5.41) is 17.2. The van der Waals surface area contributed by atoms with Crippen molar-refractivity contribution in [2.75, 3.05) is 0 Å². The minimum Gasteiger partial charge on any atom is -0.362 e. The molecule has 0 aliphatic carbocycles. The van der Waals surface area contributed by atoms with Gasteiger partial charge in [-0.15, -0.1) is 0 Å². The van der Waals surface area contributed by atoms with Crippen LogP contribution in [0.15, 0.2) is 5.10 Å². The summed E-state index contributed by atoms with van der Waals surface area (Å²) in [5.74, 6) is -1.17. The Bertz CT molecular complexity index is 640. The van der Waals surface area contributed by atoms with Crippen LogP contribution in [-0.2, 0) is 7.05 Å². The molecule has 0 radical (unpaired) electrons. The number of nitrogens with zero attached hydrogens (tertiary/aromatic N) is 4. The summed E-state index contributed by atoms with van der Waals surface area (Å²) in [6.45, 7) is 2.80. The van der Waals surface area contributed by atoms with E-state index in [2.05, 4.69) is 10.2 Å². The Hall–Kier alpha value is -1.61. The third kappa shape index (κ3) is 2.30. The SMILES string of the molecule is CC1=NN(C(=O)c2c(Cl)c(C)nn2C)[C@@](O)(C(F)(F)F)C1. The highest BCUT2D eigenvalue weighted by molar-refractivity contribution is 6.34. The smallest absolute Gasteiger partial charge is 0.362 e. The zero-order chi connectivity index (χ0) is 16.2. The van der Waals surface area contributed by atoms with Crippen LogP contribution in [0.3, 0.4) is 0 Å². The van der Waals surface area contributed by atoms with E-state index in [9.17, 15) is 23.1 Å². The molecular formula is C11H12ClF3N4O2. The third-order valence-electron chi connectivity index (χ3n) is 3.12. The molecule has 0 bridgehead atoms. The summed E-state index contributed by atoms with van der Waals surface area (Å²) in [6, 6.07) is 0. The van der Waals surface area contributed by atoms with Crippen LogP contribution in [-0.4, -0.2) is 43.4 Å². The van der Waals surface area contributed by atoms with Crippen LogP contribution in [0.25, 0.3) is 0 Å². The second kappa shape index (κ2) is 4.70. The van der Waals surface area contributed by atoms with Crippen LogP contribution >= 0.6 is 11.6 Å². The molecule has 1 amide bonds. The molecule has 0 saturated carbocycles. The van der Waals surface area contributed by atoms with E-state index in [4.69, 9.17) is 11.6 Å². The number of rotatable bonds is 1. The van der Waals surface area contributed by atoms with Gasteiger partial charge in [-0.3, -0.25) is 9.48 Å². The number of alkyl halides is 3. The van der Waals surface area contributed by atoms with Gasteiger partial charge in [-0.1, -0.05) is 11.6 Å². The van der Waals surface area contributed by atoms with Gasteiger partial charge in [0.1, 0.15) is 5.69 Å². The van der Waals surface area contributed by atoms with Crippen LogP contribution in [0.1, 0.15) is 29.5 Å². The molecular weight excluding hydrogens is 313 g/mol. The highest BCUT2D eigenvalue weighted by Crippen LogP contribution is 2.41. The van der Waals surface area contributed by atoms with Crippen LogP contribution in [0.5, 0.6) is 0 Å². The monoisotopic (exact) mass is 324 g/mol. The van der Waals surface area contributed by atoms with Crippen LogP contribution in [0, 0.1) is 6.92 Å². The molecule has 116 valence electrons. The third-order valence-corrected chi connectivity index (χ3v) is 3.57. The van der Waals surface area contributed by atoms with Gasteiger partial charge in [-0.2, -0.15) is 28.4 Å². The summed E-state index contributed by atoms with van der Waals surface area (Å²) < 4.78 is 40.3. The Balaban J connectivity index is 2.51. The number of amides is 1. The first-order chi connectivity index (χ1) is 9.49. The maximum Gasteiger partial charge on any atom is 0.438 e. The normalized spacial score (nSPS) is 22.7. The van der Waals surface area contributed by atoms with E-state index in [0.717, 1.165) is 4.68 Å². The lowest BCUT2D eigenvalue weighted by atomic mass is 10.1. The second-order valence-corrected chi connectivity index (χ2v) is 5.19. The number of aromatic nitrogens is 2. The standard InChI is InChI=1S/C11H12ClF3N4O2/c1-5-4-10(21,11(13,14)15)19(16-5)9(20)8-7(12)6(2)17-18(8)3/h21H,4H2,1-3H3/t10-/m0/s1. The molecule has 0 saturated heterocycles. The molecule has 0 fully saturated rings. The Kier molecular flexibility index (Phi) is 3.53. The molecule has 1 atom stereocenters. The van der Waals surface area contributed by atoms with E-state index in [-0.39, 0.29) is 27.1 Å². The lowest BCUT2D eigenvalue weighted by molar-refractivity contribution is -0.297. The van der Waals surface area contributed by atoms with Crippen molar-refractivity contribution in [2.24, 2.45) is 12.1 Å². The molecule has 1 N–H and O–H groups in total. The van der Waals surface area contributed by atoms with E-state index >= 15 is 0 Å². The van der Waals surface area contributed by atoms with Crippen molar-refractivity contribution in [3.63, 3.8) is 0 Å². The van der Waals surface area contributed by atoms with E-state index < -0.39 is 24.2 Å². The molecule has 1 aromatic heterocycles. The number of hydrogen-bond acceptors (Lipinski definition) is 4. The highest BCUT2D eigenvalue weighted by Gasteiger charge is 2.63. The zero-order valence-corrected chi connectivity index (χ0v) is 12.1. The Labute approximate surface area is 122 Å². The maximum absolute atomic E-state index is 13.1. The Morgan fingerprint density at radius 1 is 1.43 bits per heavy atom. The fraction of sp³-hybridized carbons (Fsp3) is 0.545. The topological polar surface area (TPSA) is 70.7 Å². The maximum atomic E-state index is 13.1. The number of hydrogen-bond donors (Lipinski definition) is 1. The molecule has 6 nitrogen and oxygen atoms in total. The molecule has 10 heteroatoms. The largest absolute Gasteiger partial charge is 0.438 e. The second-order valence-electron chi connectivity index (χ2n) is 4.81. The molecule has 0 aromatic carbocycles. The Morgan fingerprint density at radius 2 is 2.00 bits per heavy atom. The van der Waals surface area contributed by atoms with Crippen molar-refractivity contribution in [3.05, 3.63) is 16.4 Å². The van der Waals surface area contributed by atoms with Crippen LogP contribution in [0.2, 0.25) is 5.02 Å². The molecule has 1 aliphatic heterocycles. The number of carbonyl (C=O) groups is 1. The molecule has 1 aromatic rings. The number of aryl methyl sites for hydroxylation is 2. The van der Waals surface area contributed by atoms with Crippen molar-refractivity contribution in [1.29, 1.82) is 0 Å². The van der Waals surface area contributed by atoms with Crippen molar-refractivity contribution < 1.29 is 23.1 Å². The average Bonchev–Trinajstić information content (AvgIpc) is 2.76. The summed E-state index contributed by atoms with van der Waals surface area (Å²) in [6.07, 6.45) is -5.86. The summed E-state index contributed by atoms with van der Waals surface area (Å²) >= 11 is 5.89. The quantitative estimate of drug-likeness (QED) is 0.857. The molecule has 2 rings (SSSR count). The molecule has 0 spiro atoms. The number of carbonyl (C=O) groups excluding carboxylic acids is 1. The van der Waals surface area contributed by atoms with Gasteiger partial charge in [0.15, 0.2) is 0 Å². The van der Waals surface area contributed by atoms with E-state index in [1.54, 1.807) is 0 Å². The average molecular weight is 325 g/mol. The van der Waals surface area contributed by atoms with E-state index in [1.165, 1.54) is 20.9 Å². The van der Waals surface area contributed by atoms with Crippen LogP contribution < -0.4 is 0 Å². The lowest BCUT2D eigenvalue weighted by Crippen LogP contribution is -2.56. The lowest BCUT2D eigenvalue weighted by Gasteiger charge is -2.32. The first kappa shape index (κ1) is 15.8. The summed E-state index contributed by atoms with van der Waals surface area (Å²) in [5.41, 5.74) is -3.37. The van der Waals surface area contributed by atoms with Gasteiger partial charge in [0.05, 0.1) is 10.7 Å². The summed E-state index contributed by atoms with van der Waals surface area (Å²) in [7, 11) is 1.37. The number of halogens is 4. The predicted molar refractivity (Wildman–Crippen MR) is 67.9 cm³/mol. The van der Waals surface area contributed by atoms with Gasteiger partial charge in [0.2, 0.25) is 0 Å². The molecule has 2 heterocycles. The Morgan fingerprint density at radius 3 is 2.43 bits per heavy atom. The fourth-order valence-electron chi connectivity index (χ4n) is 2.12. The van der Waals surface area contributed by atoms with Gasteiger partial charge in [-0.25, -0.2) is 0 Å². The molecule has 1 aliphatic rings. The summed E-state index contributed by atoms with van der Waals surface area (Å²) in [4.78, 5) is 12.3. The van der Waals surface area contributed by atoms with Crippen molar-refractivity contribution in [2.45, 2.75) is 32.2 Å². The van der Waals surface area contributed by atoms with Crippen molar-refractivity contribution in [1.82, 2.24) is 14.8 Å². The predicted octanol–water partition coefficient (Wildman–Crippen LogP) is 1.85. The zero-order valence-electron chi connectivity index (χ0n) is 11.4. The van der Waals surface area contributed by atoms with Crippen molar-refractivity contribution in [3.8, 4) is 0 Å². The van der Waals surface area contributed by atoms with Gasteiger partial charge < -0.3 is 5.11 Å². The number of hydrazone groups is 1. The fourth-order valence-corrected chi connectivity index (χ4v) is 2.36. The van der Waals surface area contributed by atoms with Gasteiger partial charge >= 0.3 is 6.18 Å². The van der Waals surface area contributed by atoms with E-state index in [0.29, 0.717) is 0 Å². The van der Waals surface area contributed by atoms with Crippen molar-refractivity contribution >= 4 is 23.2 Å². The molecule has 21 heavy (non-hydrogen) atoms. The van der Waals surface area contributed by atoms with Crippen LogP contribution in [0.4, 0.5) is 13.2 Å². The minimum atomic E-state index is -5.05. The van der Waals surface area contributed by atoms with Gasteiger partial charge in [-0.05, 0) is 13.8 Å².